The fraction of sp³-hybridized carbons (Fsp3) is 0.300. The lowest BCUT2D eigenvalue weighted by atomic mass is 10.2. The van der Waals surface area contributed by atoms with Crippen LogP contribution >= 0.6 is 0 Å². The molecule has 2 aromatic carbocycles. The zero-order valence-corrected chi connectivity index (χ0v) is 14.6. The molecule has 1 aromatic heterocycles. The van der Waals surface area contributed by atoms with Gasteiger partial charge in [0.2, 0.25) is 5.91 Å². The van der Waals surface area contributed by atoms with Gasteiger partial charge in [-0.2, -0.15) is 0 Å². The van der Waals surface area contributed by atoms with Gasteiger partial charge in [0.25, 0.3) is 0 Å². The summed E-state index contributed by atoms with van der Waals surface area (Å²) < 4.78 is 2.13. The zero-order valence-electron chi connectivity index (χ0n) is 14.6. The number of rotatable bonds is 2. The molecule has 0 N–H and O–H groups in total. The maximum absolute atomic E-state index is 11.5. The summed E-state index contributed by atoms with van der Waals surface area (Å²) in [6, 6.07) is 14.9. The van der Waals surface area contributed by atoms with Gasteiger partial charge in [0.05, 0.1) is 11.0 Å². The molecule has 5 heteroatoms. The summed E-state index contributed by atoms with van der Waals surface area (Å²) in [7, 11) is 0. The SMILES string of the molecule is CC(=O)N1CCN(c2cccc(-n3cnc4cc(C)ccc43)c2)CC1. The topological polar surface area (TPSA) is 41.4 Å². The summed E-state index contributed by atoms with van der Waals surface area (Å²) in [5, 5.41) is 0. The summed E-state index contributed by atoms with van der Waals surface area (Å²) in [6.07, 6.45) is 1.89. The maximum Gasteiger partial charge on any atom is 0.219 e. The van der Waals surface area contributed by atoms with Crippen molar-refractivity contribution in [3.8, 4) is 5.69 Å². The van der Waals surface area contributed by atoms with Crippen molar-refractivity contribution >= 4 is 22.6 Å². The molecule has 1 aliphatic heterocycles. The highest BCUT2D eigenvalue weighted by atomic mass is 16.2. The second-order valence-corrected chi connectivity index (χ2v) is 6.62. The van der Waals surface area contributed by atoms with Crippen LogP contribution in [-0.2, 0) is 4.79 Å². The normalized spacial score (nSPS) is 15.0. The highest BCUT2D eigenvalue weighted by molar-refractivity contribution is 5.78. The first-order valence-corrected chi connectivity index (χ1v) is 8.66. The van der Waals surface area contributed by atoms with E-state index in [0.717, 1.165) is 42.9 Å². The molecule has 0 saturated carbocycles. The third-order valence-corrected chi connectivity index (χ3v) is 4.90. The van der Waals surface area contributed by atoms with Gasteiger partial charge in [0, 0.05) is 44.5 Å². The monoisotopic (exact) mass is 334 g/mol. The smallest absolute Gasteiger partial charge is 0.219 e. The number of imidazole rings is 1. The van der Waals surface area contributed by atoms with E-state index in [9.17, 15) is 4.79 Å². The number of aryl methyl sites for hydroxylation is 1. The summed E-state index contributed by atoms with van der Waals surface area (Å²) in [6.45, 7) is 7.03. The van der Waals surface area contributed by atoms with Crippen LogP contribution in [0.1, 0.15) is 12.5 Å². The predicted octanol–water partition coefficient (Wildman–Crippen LogP) is 3.00. The molecule has 3 aromatic rings. The van der Waals surface area contributed by atoms with Crippen LogP contribution in [0.3, 0.4) is 0 Å². The number of benzene rings is 2. The minimum absolute atomic E-state index is 0.161. The third-order valence-electron chi connectivity index (χ3n) is 4.90. The Labute approximate surface area is 147 Å². The number of hydrogen-bond donors (Lipinski definition) is 0. The number of piperazine rings is 1. The molecule has 0 aliphatic carbocycles. The van der Waals surface area contributed by atoms with Crippen molar-refractivity contribution in [1.29, 1.82) is 0 Å². The largest absolute Gasteiger partial charge is 0.368 e. The minimum atomic E-state index is 0.161. The molecule has 5 nitrogen and oxygen atoms in total. The lowest BCUT2D eigenvalue weighted by Crippen LogP contribution is -2.48. The maximum atomic E-state index is 11.5. The van der Waals surface area contributed by atoms with Gasteiger partial charge < -0.3 is 9.80 Å². The van der Waals surface area contributed by atoms with Gasteiger partial charge in [0.1, 0.15) is 6.33 Å². The summed E-state index contributed by atoms with van der Waals surface area (Å²) in [5.41, 5.74) is 5.65. The predicted molar refractivity (Wildman–Crippen MR) is 100 cm³/mol. The van der Waals surface area contributed by atoms with Crippen molar-refractivity contribution in [2.24, 2.45) is 0 Å². The Hall–Kier alpha value is -2.82. The van der Waals surface area contributed by atoms with Gasteiger partial charge >= 0.3 is 0 Å². The Morgan fingerprint density at radius 3 is 2.52 bits per heavy atom. The number of carbonyl (C=O) groups is 1. The number of amides is 1. The standard InChI is InChI=1S/C20H22N4O/c1-15-6-7-20-19(12-15)21-14-24(20)18-5-3-4-17(13-18)23-10-8-22(9-11-23)16(2)25/h3-7,12-14H,8-11H2,1-2H3. The first-order chi connectivity index (χ1) is 12.1. The van der Waals surface area contributed by atoms with Gasteiger partial charge in [-0.3, -0.25) is 9.36 Å². The van der Waals surface area contributed by atoms with E-state index < -0.39 is 0 Å². The lowest BCUT2D eigenvalue weighted by molar-refractivity contribution is -0.129. The summed E-state index contributed by atoms with van der Waals surface area (Å²) >= 11 is 0. The van der Waals surface area contributed by atoms with Crippen molar-refractivity contribution in [1.82, 2.24) is 14.5 Å². The number of aromatic nitrogens is 2. The molecule has 0 radical (unpaired) electrons. The first-order valence-electron chi connectivity index (χ1n) is 8.66. The fourth-order valence-electron chi connectivity index (χ4n) is 3.45. The van der Waals surface area contributed by atoms with E-state index in [1.165, 1.54) is 11.3 Å². The van der Waals surface area contributed by atoms with E-state index in [2.05, 4.69) is 63.8 Å². The van der Waals surface area contributed by atoms with Crippen molar-refractivity contribution in [2.45, 2.75) is 13.8 Å². The quantitative estimate of drug-likeness (QED) is 0.723. The lowest BCUT2D eigenvalue weighted by Gasteiger charge is -2.35. The van der Waals surface area contributed by atoms with Crippen molar-refractivity contribution in [3.63, 3.8) is 0 Å². The minimum Gasteiger partial charge on any atom is -0.368 e. The molecular formula is C20H22N4O. The fourth-order valence-corrected chi connectivity index (χ4v) is 3.45. The highest BCUT2D eigenvalue weighted by Crippen LogP contribution is 2.24. The molecule has 0 unspecified atom stereocenters. The van der Waals surface area contributed by atoms with Crippen LogP contribution in [0.2, 0.25) is 0 Å². The Bertz CT molecular complexity index is 922. The molecule has 0 atom stereocenters. The van der Waals surface area contributed by atoms with Crippen LogP contribution in [0.5, 0.6) is 0 Å². The molecule has 0 bridgehead atoms. The van der Waals surface area contributed by atoms with E-state index in [-0.39, 0.29) is 5.91 Å². The van der Waals surface area contributed by atoms with Crippen LogP contribution in [0.25, 0.3) is 16.7 Å². The molecule has 4 rings (SSSR count). The van der Waals surface area contributed by atoms with Crippen molar-refractivity contribution in [2.75, 3.05) is 31.1 Å². The van der Waals surface area contributed by atoms with Crippen LogP contribution < -0.4 is 4.90 Å². The number of nitrogens with zero attached hydrogens (tertiary/aromatic N) is 4. The molecule has 1 saturated heterocycles. The summed E-state index contributed by atoms with van der Waals surface area (Å²) in [5.74, 6) is 0.161. The number of fused-ring (bicyclic) bond motifs is 1. The third kappa shape index (κ3) is 2.97. The van der Waals surface area contributed by atoms with E-state index in [0.29, 0.717) is 0 Å². The Morgan fingerprint density at radius 2 is 1.76 bits per heavy atom. The highest BCUT2D eigenvalue weighted by Gasteiger charge is 2.19. The molecule has 0 spiro atoms. The molecule has 128 valence electrons. The Morgan fingerprint density at radius 1 is 1.00 bits per heavy atom. The molecule has 25 heavy (non-hydrogen) atoms. The van der Waals surface area contributed by atoms with Gasteiger partial charge in [-0.1, -0.05) is 12.1 Å². The molecule has 1 fully saturated rings. The average molecular weight is 334 g/mol. The van der Waals surface area contributed by atoms with E-state index in [1.54, 1.807) is 6.92 Å². The Balaban J connectivity index is 1.62. The van der Waals surface area contributed by atoms with E-state index in [1.807, 2.05) is 11.2 Å². The number of carbonyl (C=O) groups excluding carboxylic acids is 1. The van der Waals surface area contributed by atoms with Gasteiger partial charge in [0.15, 0.2) is 0 Å². The van der Waals surface area contributed by atoms with Crippen molar-refractivity contribution in [3.05, 3.63) is 54.4 Å². The average Bonchev–Trinajstić information content (AvgIpc) is 3.05. The molecule has 1 amide bonds. The zero-order chi connectivity index (χ0) is 17.4. The molecule has 1 aliphatic rings. The second-order valence-electron chi connectivity index (χ2n) is 6.62. The van der Waals surface area contributed by atoms with Crippen LogP contribution in [-0.4, -0.2) is 46.5 Å². The van der Waals surface area contributed by atoms with E-state index >= 15 is 0 Å². The number of anilines is 1. The Kier molecular flexibility index (Phi) is 3.92. The van der Waals surface area contributed by atoms with E-state index in [4.69, 9.17) is 0 Å². The van der Waals surface area contributed by atoms with Gasteiger partial charge in [-0.15, -0.1) is 0 Å². The van der Waals surface area contributed by atoms with Crippen LogP contribution in [0.15, 0.2) is 48.8 Å². The second kappa shape index (κ2) is 6.24. The van der Waals surface area contributed by atoms with Crippen LogP contribution in [0, 0.1) is 6.92 Å². The van der Waals surface area contributed by atoms with Crippen molar-refractivity contribution < 1.29 is 4.79 Å². The van der Waals surface area contributed by atoms with Gasteiger partial charge in [-0.25, -0.2) is 4.98 Å². The van der Waals surface area contributed by atoms with Crippen LogP contribution in [0.4, 0.5) is 5.69 Å². The summed E-state index contributed by atoms with van der Waals surface area (Å²) in [4.78, 5) is 20.3. The molecular weight excluding hydrogens is 312 g/mol. The molecule has 2 heterocycles. The number of hydrogen-bond acceptors (Lipinski definition) is 3. The van der Waals surface area contributed by atoms with Gasteiger partial charge in [-0.05, 0) is 42.8 Å². The first kappa shape index (κ1) is 15.7.